The van der Waals surface area contributed by atoms with Gasteiger partial charge in [0.1, 0.15) is 0 Å². The van der Waals surface area contributed by atoms with Crippen LogP contribution in [-0.2, 0) is 0 Å². The minimum atomic E-state index is 0.948. The molecule has 0 spiro atoms. The van der Waals surface area contributed by atoms with Crippen molar-refractivity contribution in [1.29, 1.82) is 0 Å². The predicted octanol–water partition coefficient (Wildman–Crippen LogP) is 12.8. The number of rotatable bonds is 6. The van der Waals surface area contributed by atoms with Gasteiger partial charge in [0.05, 0.1) is 16.7 Å². The van der Waals surface area contributed by atoms with Gasteiger partial charge >= 0.3 is 0 Å². The van der Waals surface area contributed by atoms with Crippen molar-refractivity contribution in [2.24, 2.45) is 0 Å². The summed E-state index contributed by atoms with van der Waals surface area (Å²) in [5, 5.41) is 2.25. The van der Waals surface area contributed by atoms with E-state index in [4.69, 9.17) is 9.97 Å². The minimum absolute atomic E-state index is 0.948. The zero-order valence-corrected chi connectivity index (χ0v) is 27.4. The summed E-state index contributed by atoms with van der Waals surface area (Å²) in [5.41, 5.74) is 15.7. The van der Waals surface area contributed by atoms with Crippen LogP contribution in [0.15, 0.2) is 194 Å². The van der Waals surface area contributed by atoms with Crippen LogP contribution in [0.2, 0.25) is 0 Å². The second-order valence-corrected chi connectivity index (χ2v) is 12.6. The molecule has 0 N–H and O–H groups in total. The van der Waals surface area contributed by atoms with Gasteiger partial charge in [0.15, 0.2) is 0 Å². The quantitative estimate of drug-likeness (QED) is 0.181. The molecule has 0 fully saturated rings. The molecule has 0 saturated heterocycles. The van der Waals surface area contributed by atoms with E-state index in [1.54, 1.807) is 0 Å². The third kappa shape index (κ3) is 5.63. The molecule has 2 heterocycles. The molecule has 2 nitrogen and oxygen atoms in total. The lowest BCUT2D eigenvalue weighted by Crippen LogP contribution is -1.92. The smallest absolute Gasteiger partial charge is 0.0780 e. The first-order chi connectivity index (χ1) is 24.8. The van der Waals surface area contributed by atoms with Crippen molar-refractivity contribution in [3.05, 3.63) is 194 Å². The first-order valence-corrected chi connectivity index (χ1v) is 17.0. The molecule has 0 aliphatic rings. The van der Waals surface area contributed by atoms with Gasteiger partial charge in [-0.15, -0.1) is 0 Å². The minimum Gasteiger partial charge on any atom is -0.256 e. The molecule has 7 aromatic carbocycles. The molecule has 50 heavy (non-hydrogen) atoms. The Hall–Kier alpha value is -6.64. The molecular formula is C48H32N2. The Morgan fingerprint density at radius 1 is 0.320 bits per heavy atom. The molecule has 9 rings (SSSR count). The van der Waals surface area contributed by atoms with Crippen LogP contribution in [0.3, 0.4) is 0 Å². The standard InChI is InChI=1S/C48H32N2/c1-3-10-33(11-4-1)35-19-21-37(22-20-35)40-27-28-46-45(31-40)44(32-47(50-46)38-25-23-36(24-26-38)34-12-5-2-6-13-34)42-16-7-15-41(30-42)43-18-8-14-39-17-9-29-49-48(39)43/h1-32H. The lowest BCUT2D eigenvalue weighted by Gasteiger charge is -2.14. The predicted molar refractivity (Wildman–Crippen MR) is 210 cm³/mol. The molecule has 0 aliphatic carbocycles. The molecule has 9 aromatic rings. The zero-order chi connectivity index (χ0) is 33.3. The summed E-state index contributed by atoms with van der Waals surface area (Å²) in [5.74, 6) is 0. The molecule has 0 aliphatic heterocycles. The van der Waals surface area contributed by atoms with Crippen LogP contribution in [0, 0.1) is 0 Å². The van der Waals surface area contributed by atoms with E-state index in [9.17, 15) is 0 Å². The van der Waals surface area contributed by atoms with E-state index >= 15 is 0 Å². The van der Waals surface area contributed by atoms with Crippen LogP contribution >= 0.6 is 0 Å². The number of para-hydroxylation sites is 1. The fourth-order valence-electron chi connectivity index (χ4n) is 6.93. The Labute approximate surface area is 292 Å². The molecule has 0 amide bonds. The van der Waals surface area contributed by atoms with Crippen molar-refractivity contribution in [1.82, 2.24) is 9.97 Å². The first kappa shape index (κ1) is 29.5. The van der Waals surface area contributed by atoms with Gasteiger partial charge in [0.25, 0.3) is 0 Å². The number of aromatic nitrogens is 2. The van der Waals surface area contributed by atoms with Gasteiger partial charge in [-0.05, 0) is 80.4 Å². The highest BCUT2D eigenvalue weighted by molar-refractivity contribution is 6.01. The number of hydrogen-bond donors (Lipinski definition) is 0. The van der Waals surface area contributed by atoms with Crippen molar-refractivity contribution in [2.45, 2.75) is 0 Å². The number of benzene rings is 7. The van der Waals surface area contributed by atoms with Gasteiger partial charge in [0, 0.05) is 28.1 Å². The molecule has 0 bridgehead atoms. The van der Waals surface area contributed by atoms with E-state index in [-0.39, 0.29) is 0 Å². The Balaban J connectivity index is 1.18. The van der Waals surface area contributed by atoms with E-state index in [0.29, 0.717) is 0 Å². The van der Waals surface area contributed by atoms with Crippen LogP contribution < -0.4 is 0 Å². The maximum absolute atomic E-state index is 5.23. The summed E-state index contributed by atoms with van der Waals surface area (Å²) in [6.07, 6.45) is 1.87. The van der Waals surface area contributed by atoms with Crippen molar-refractivity contribution in [2.75, 3.05) is 0 Å². The maximum Gasteiger partial charge on any atom is 0.0780 e. The number of hydrogen-bond acceptors (Lipinski definition) is 2. The number of nitrogens with zero attached hydrogens (tertiary/aromatic N) is 2. The van der Waals surface area contributed by atoms with Gasteiger partial charge in [-0.3, -0.25) is 4.98 Å². The van der Waals surface area contributed by atoms with Crippen LogP contribution in [-0.4, -0.2) is 9.97 Å². The molecular weight excluding hydrogens is 605 g/mol. The van der Waals surface area contributed by atoms with E-state index in [1.165, 1.54) is 27.8 Å². The Bertz CT molecular complexity index is 2600. The van der Waals surface area contributed by atoms with Gasteiger partial charge in [-0.2, -0.15) is 0 Å². The SMILES string of the molecule is c1ccc(-c2ccc(-c3ccc4nc(-c5ccc(-c6ccccc6)cc5)cc(-c5cccc(-c6cccc7cccnc67)c5)c4c3)cc2)cc1. The van der Waals surface area contributed by atoms with Crippen LogP contribution in [0.5, 0.6) is 0 Å². The fraction of sp³-hybridized carbons (Fsp3) is 0. The average Bonchev–Trinajstić information content (AvgIpc) is 3.21. The summed E-state index contributed by atoms with van der Waals surface area (Å²) in [6, 6.07) is 66.8. The second-order valence-electron chi connectivity index (χ2n) is 12.6. The van der Waals surface area contributed by atoms with E-state index in [0.717, 1.165) is 60.9 Å². The van der Waals surface area contributed by atoms with Crippen LogP contribution in [0.4, 0.5) is 0 Å². The Kier molecular flexibility index (Phi) is 7.53. The average molecular weight is 637 g/mol. The molecule has 0 saturated carbocycles. The highest BCUT2D eigenvalue weighted by Gasteiger charge is 2.14. The Morgan fingerprint density at radius 3 is 1.52 bits per heavy atom. The molecule has 0 atom stereocenters. The van der Waals surface area contributed by atoms with Gasteiger partial charge in [0.2, 0.25) is 0 Å². The summed E-state index contributed by atoms with van der Waals surface area (Å²) < 4.78 is 0. The van der Waals surface area contributed by atoms with E-state index in [2.05, 4.69) is 182 Å². The summed E-state index contributed by atoms with van der Waals surface area (Å²) in [6.45, 7) is 0. The third-order valence-corrected chi connectivity index (χ3v) is 9.54. The second kappa shape index (κ2) is 12.8. The zero-order valence-electron chi connectivity index (χ0n) is 27.4. The number of fused-ring (bicyclic) bond motifs is 2. The van der Waals surface area contributed by atoms with Crippen LogP contribution in [0.25, 0.3) is 88.7 Å². The van der Waals surface area contributed by atoms with Crippen LogP contribution in [0.1, 0.15) is 0 Å². The molecule has 2 heteroatoms. The third-order valence-electron chi connectivity index (χ3n) is 9.54. The summed E-state index contributed by atoms with van der Waals surface area (Å²) in [7, 11) is 0. The monoisotopic (exact) mass is 636 g/mol. The highest BCUT2D eigenvalue weighted by Crippen LogP contribution is 2.38. The fourth-order valence-corrected chi connectivity index (χ4v) is 6.93. The number of pyridine rings is 2. The van der Waals surface area contributed by atoms with E-state index in [1.807, 2.05) is 12.3 Å². The van der Waals surface area contributed by atoms with Gasteiger partial charge in [-0.1, -0.05) is 158 Å². The van der Waals surface area contributed by atoms with Crippen molar-refractivity contribution < 1.29 is 0 Å². The summed E-state index contributed by atoms with van der Waals surface area (Å²) >= 11 is 0. The molecule has 234 valence electrons. The normalized spacial score (nSPS) is 11.2. The van der Waals surface area contributed by atoms with Crippen molar-refractivity contribution >= 4 is 21.8 Å². The Morgan fingerprint density at radius 2 is 0.840 bits per heavy atom. The lowest BCUT2D eigenvalue weighted by atomic mass is 9.92. The maximum atomic E-state index is 5.23. The topological polar surface area (TPSA) is 25.8 Å². The van der Waals surface area contributed by atoms with Crippen molar-refractivity contribution in [3.8, 4) is 66.9 Å². The van der Waals surface area contributed by atoms with E-state index < -0.39 is 0 Å². The molecule has 2 aromatic heterocycles. The first-order valence-electron chi connectivity index (χ1n) is 17.0. The summed E-state index contributed by atoms with van der Waals surface area (Å²) in [4.78, 5) is 9.99. The van der Waals surface area contributed by atoms with Crippen molar-refractivity contribution in [3.63, 3.8) is 0 Å². The largest absolute Gasteiger partial charge is 0.256 e. The highest BCUT2D eigenvalue weighted by atomic mass is 14.7. The molecule has 0 unspecified atom stereocenters. The van der Waals surface area contributed by atoms with Gasteiger partial charge in [-0.25, -0.2) is 4.98 Å². The lowest BCUT2D eigenvalue weighted by molar-refractivity contribution is 1.39. The molecule has 0 radical (unpaired) electrons. The van der Waals surface area contributed by atoms with Gasteiger partial charge < -0.3 is 0 Å².